The first-order valence-electron chi connectivity index (χ1n) is 3.99. The van der Waals surface area contributed by atoms with Gasteiger partial charge in [-0.15, -0.1) is 0 Å². The molecule has 0 fully saturated rings. The van der Waals surface area contributed by atoms with Crippen LogP contribution < -0.4 is 0 Å². The zero-order chi connectivity index (χ0) is 8.97. The highest BCUT2D eigenvalue weighted by atomic mass is 19.1. The summed E-state index contributed by atoms with van der Waals surface area (Å²) >= 11 is 0. The van der Waals surface area contributed by atoms with E-state index in [-0.39, 0.29) is 12.0 Å². The van der Waals surface area contributed by atoms with Crippen molar-refractivity contribution in [1.82, 2.24) is 0 Å². The summed E-state index contributed by atoms with van der Waals surface area (Å²) in [5.41, 5.74) is 0.547. The summed E-state index contributed by atoms with van der Waals surface area (Å²) < 4.78 is 13.1. The topological polar surface area (TPSA) is 12.4 Å². The van der Waals surface area contributed by atoms with Gasteiger partial charge >= 0.3 is 0 Å². The van der Waals surface area contributed by atoms with Crippen molar-refractivity contribution in [1.29, 1.82) is 0 Å². The first kappa shape index (κ1) is 8.91. The van der Waals surface area contributed by atoms with Crippen LogP contribution in [-0.4, -0.2) is 12.0 Å². The van der Waals surface area contributed by atoms with Crippen molar-refractivity contribution in [2.24, 2.45) is 4.99 Å². The SMILES string of the molecule is CC(C)N=C(F)c1ccccc1. The van der Waals surface area contributed by atoms with Gasteiger partial charge in [-0.25, -0.2) is 0 Å². The van der Waals surface area contributed by atoms with Crippen molar-refractivity contribution in [2.75, 3.05) is 0 Å². The van der Waals surface area contributed by atoms with Crippen molar-refractivity contribution in [3.05, 3.63) is 35.9 Å². The third-order valence-electron chi connectivity index (χ3n) is 1.38. The Bertz CT molecular complexity index is 264. The van der Waals surface area contributed by atoms with Crippen molar-refractivity contribution in [3.8, 4) is 0 Å². The Morgan fingerprint density at radius 1 is 1.25 bits per heavy atom. The van der Waals surface area contributed by atoms with E-state index in [9.17, 15) is 4.39 Å². The van der Waals surface area contributed by atoms with Crippen molar-refractivity contribution in [2.45, 2.75) is 19.9 Å². The average molecular weight is 165 g/mol. The second-order valence-corrected chi connectivity index (χ2v) is 2.88. The van der Waals surface area contributed by atoms with E-state index in [1.165, 1.54) is 0 Å². The van der Waals surface area contributed by atoms with Gasteiger partial charge in [-0.2, -0.15) is 4.39 Å². The Labute approximate surface area is 72.0 Å². The molecule has 1 rings (SSSR count). The van der Waals surface area contributed by atoms with Gasteiger partial charge in [0.15, 0.2) is 0 Å². The first-order chi connectivity index (χ1) is 5.70. The van der Waals surface area contributed by atoms with Gasteiger partial charge in [-0.3, -0.25) is 4.99 Å². The molecule has 0 atom stereocenters. The summed E-state index contributed by atoms with van der Waals surface area (Å²) in [6.07, 6.45) is 0. The van der Waals surface area contributed by atoms with Gasteiger partial charge in [-0.05, 0) is 13.8 Å². The number of rotatable bonds is 2. The lowest BCUT2D eigenvalue weighted by Crippen LogP contribution is -1.97. The standard InChI is InChI=1S/C10H12FN/c1-8(2)12-10(11)9-6-4-3-5-7-9/h3-8H,1-2H3. The molecule has 0 bridgehead atoms. The summed E-state index contributed by atoms with van der Waals surface area (Å²) in [5, 5.41) is 0. The molecular formula is C10H12FN. The Hall–Kier alpha value is -1.18. The molecular weight excluding hydrogens is 153 g/mol. The van der Waals surface area contributed by atoms with E-state index in [4.69, 9.17) is 0 Å². The molecule has 0 saturated carbocycles. The van der Waals surface area contributed by atoms with E-state index in [0.717, 1.165) is 0 Å². The summed E-state index contributed by atoms with van der Waals surface area (Å²) in [7, 11) is 0. The summed E-state index contributed by atoms with van der Waals surface area (Å²) in [4.78, 5) is 3.80. The van der Waals surface area contributed by atoms with Gasteiger partial charge in [0.25, 0.3) is 0 Å². The monoisotopic (exact) mass is 165 g/mol. The zero-order valence-electron chi connectivity index (χ0n) is 7.29. The fraction of sp³-hybridized carbons (Fsp3) is 0.300. The minimum atomic E-state index is -0.384. The minimum Gasteiger partial charge on any atom is -0.255 e. The van der Waals surface area contributed by atoms with Crippen molar-refractivity contribution >= 4 is 5.97 Å². The van der Waals surface area contributed by atoms with E-state index in [1.807, 2.05) is 19.9 Å². The molecule has 0 aliphatic rings. The molecule has 2 heteroatoms. The molecule has 0 radical (unpaired) electrons. The Morgan fingerprint density at radius 2 is 1.83 bits per heavy atom. The third kappa shape index (κ3) is 2.46. The van der Waals surface area contributed by atoms with Crippen LogP contribution in [-0.2, 0) is 0 Å². The smallest absolute Gasteiger partial charge is 0.215 e. The Balaban J connectivity index is 2.85. The predicted molar refractivity (Wildman–Crippen MR) is 49.2 cm³/mol. The molecule has 64 valence electrons. The highest BCUT2D eigenvalue weighted by Gasteiger charge is 2.00. The zero-order valence-corrected chi connectivity index (χ0v) is 7.29. The fourth-order valence-corrected chi connectivity index (χ4v) is 0.877. The fourth-order valence-electron chi connectivity index (χ4n) is 0.877. The molecule has 0 aliphatic carbocycles. The normalized spacial score (nSPS) is 12.2. The molecule has 1 aromatic carbocycles. The van der Waals surface area contributed by atoms with Crippen LogP contribution in [0.2, 0.25) is 0 Å². The lowest BCUT2D eigenvalue weighted by molar-refractivity contribution is 0.750. The van der Waals surface area contributed by atoms with Crippen LogP contribution in [0, 0.1) is 0 Å². The van der Waals surface area contributed by atoms with Gasteiger partial charge in [0, 0.05) is 11.6 Å². The second-order valence-electron chi connectivity index (χ2n) is 2.88. The van der Waals surface area contributed by atoms with Crippen LogP contribution in [0.5, 0.6) is 0 Å². The first-order valence-corrected chi connectivity index (χ1v) is 3.99. The molecule has 0 amide bonds. The largest absolute Gasteiger partial charge is 0.255 e. The van der Waals surface area contributed by atoms with E-state index in [2.05, 4.69) is 4.99 Å². The van der Waals surface area contributed by atoms with E-state index in [1.54, 1.807) is 24.3 Å². The van der Waals surface area contributed by atoms with Crippen LogP contribution >= 0.6 is 0 Å². The van der Waals surface area contributed by atoms with Crippen LogP contribution in [0.15, 0.2) is 35.3 Å². The van der Waals surface area contributed by atoms with Crippen LogP contribution in [0.4, 0.5) is 4.39 Å². The Kier molecular flexibility index (Phi) is 2.97. The molecule has 0 unspecified atom stereocenters. The quantitative estimate of drug-likeness (QED) is 0.597. The van der Waals surface area contributed by atoms with Crippen LogP contribution in [0.1, 0.15) is 19.4 Å². The lowest BCUT2D eigenvalue weighted by atomic mass is 10.2. The van der Waals surface area contributed by atoms with E-state index >= 15 is 0 Å². The second kappa shape index (κ2) is 4.00. The maximum absolute atomic E-state index is 13.1. The third-order valence-corrected chi connectivity index (χ3v) is 1.38. The average Bonchev–Trinajstić information content (AvgIpc) is 2.05. The van der Waals surface area contributed by atoms with Crippen LogP contribution in [0.3, 0.4) is 0 Å². The number of hydrogen-bond acceptors (Lipinski definition) is 1. The summed E-state index contributed by atoms with van der Waals surface area (Å²) in [6.45, 7) is 3.70. The summed E-state index contributed by atoms with van der Waals surface area (Å²) in [6, 6.07) is 8.87. The number of benzene rings is 1. The summed E-state index contributed by atoms with van der Waals surface area (Å²) in [5.74, 6) is -0.384. The van der Waals surface area contributed by atoms with E-state index in [0.29, 0.717) is 5.56 Å². The van der Waals surface area contributed by atoms with Crippen LogP contribution in [0.25, 0.3) is 0 Å². The number of halogens is 1. The predicted octanol–water partition coefficient (Wildman–Crippen LogP) is 2.81. The molecule has 0 heterocycles. The molecule has 0 aliphatic heterocycles. The van der Waals surface area contributed by atoms with Gasteiger partial charge in [0.05, 0.1) is 0 Å². The highest BCUT2D eigenvalue weighted by molar-refractivity contribution is 5.93. The van der Waals surface area contributed by atoms with Crippen molar-refractivity contribution in [3.63, 3.8) is 0 Å². The molecule has 1 nitrogen and oxygen atoms in total. The van der Waals surface area contributed by atoms with Gasteiger partial charge < -0.3 is 0 Å². The molecule has 1 aromatic rings. The maximum Gasteiger partial charge on any atom is 0.215 e. The molecule has 0 spiro atoms. The van der Waals surface area contributed by atoms with E-state index < -0.39 is 0 Å². The molecule has 0 aromatic heterocycles. The number of aliphatic imine (C=N–C) groups is 1. The van der Waals surface area contributed by atoms with Gasteiger partial charge in [0.2, 0.25) is 5.97 Å². The van der Waals surface area contributed by atoms with Gasteiger partial charge in [0.1, 0.15) is 0 Å². The maximum atomic E-state index is 13.1. The molecule has 0 saturated heterocycles. The minimum absolute atomic E-state index is 0.00482. The lowest BCUT2D eigenvalue weighted by Gasteiger charge is -1.98. The van der Waals surface area contributed by atoms with Crippen molar-refractivity contribution < 1.29 is 4.39 Å². The molecule has 12 heavy (non-hydrogen) atoms. The Morgan fingerprint density at radius 3 is 2.33 bits per heavy atom. The van der Waals surface area contributed by atoms with Gasteiger partial charge in [-0.1, -0.05) is 30.3 Å². The highest BCUT2D eigenvalue weighted by Crippen LogP contribution is 2.03. The number of nitrogens with zero attached hydrogens (tertiary/aromatic N) is 1. The number of hydrogen-bond donors (Lipinski definition) is 0. The molecule has 0 N–H and O–H groups in total.